The minimum absolute atomic E-state index is 0.0208. The van der Waals surface area contributed by atoms with Gasteiger partial charge in [0.05, 0.1) is 5.60 Å². The lowest BCUT2D eigenvalue weighted by Gasteiger charge is -2.39. The zero-order valence-corrected chi connectivity index (χ0v) is 10.9. The third-order valence-electron chi connectivity index (χ3n) is 3.56. The van der Waals surface area contributed by atoms with Crippen molar-refractivity contribution in [2.24, 2.45) is 0 Å². The monoisotopic (exact) mass is 227 g/mol. The fourth-order valence-electron chi connectivity index (χ4n) is 2.34. The highest BCUT2D eigenvalue weighted by molar-refractivity contribution is 5.77. The maximum atomic E-state index is 11.2. The molecule has 1 fully saturated rings. The van der Waals surface area contributed by atoms with Crippen molar-refractivity contribution < 1.29 is 9.53 Å². The Morgan fingerprint density at radius 1 is 1.50 bits per heavy atom. The van der Waals surface area contributed by atoms with Gasteiger partial charge in [0.1, 0.15) is 5.78 Å². The molecule has 94 valence electrons. The number of piperidine rings is 1. The Bertz CT molecular complexity index is 230. The highest BCUT2D eigenvalue weighted by atomic mass is 16.5. The van der Waals surface area contributed by atoms with Crippen LogP contribution in [0.2, 0.25) is 0 Å². The first kappa shape index (κ1) is 13.7. The topological polar surface area (TPSA) is 29.5 Å². The summed E-state index contributed by atoms with van der Waals surface area (Å²) >= 11 is 0. The van der Waals surface area contributed by atoms with Gasteiger partial charge >= 0.3 is 0 Å². The molecule has 0 radical (unpaired) electrons. The van der Waals surface area contributed by atoms with Crippen LogP contribution in [-0.4, -0.2) is 43.0 Å². The van der Waals surface area contributed by atoms with Crippen LogP contribution in [0.3, 0.4) is 0 Å². The summed E-state index contributed by atoms with van der Waals surface area (Å²) in [5.74, 6) is 0.381. The fraction of sp³-hybridized carbons (Fsp3) is 0.923. The second kappa shape index (κ2) is 6.36. The van der Waals surface area contributed by atoms with E-state index in [4.69, 9.17) is 4.74 Å². The van der Waals surface area contributed by atoms with E-state index in [0.29, 0.717) is 12.2 Å². The standard InChI is InChI=1S/C13H25NO2/c1-4-12(15)7-5-9-14-10-6-8-13(2,11-14)16-3/h4-11H2,1-3H3. The Labute approximate surface area is 99.1 Å². The van der Waals surface area contributed by atoms with E-state index in [2.05, 4.69) is 11.8 Å². The van der Waals surface area contributed by atoms with Crippen LogP contribution >= 0.6 is 0 Å². The first-order valence-electron chi connectivity index (χ1n) is 6.39. The summed E-state index contributed by atoms with van der Waals surface area (Å²) in [6.07, 6.45) is 4.75. The van der Waals surface area contributed by atoms with Gasteiger partial charge in [0, 0.05) is 26.5 Å². The largest absolute Gasteiger partial charge is 0.377 e. The summed E-state index contributed by atoms with van der Waals surface area (Å²) in [6.45, 7) is 7.30. The van der Waals surface area contributed by atoms with Gasteiger partial charge < -0.3 is 9.64 Å². The van der Waals surface area contributed by atoms with Crippen LogP contribution in [0.25, 0.3) is 0 Å². The molecule has 1 aliphatic rings. The molecule has 0 aromatic heterocycles. The maximum absolute atomic E-state index is 11.2. The van der Waals surface area contributed by atoms with Crippen molar-refractivity contribution >= 4 is 5.78 Å². The molecule has 0 N–H and O–H groups in total. The lowest BCUT2D eigenvalue weighted by atomic mass is 9.94. The maximum Gasteiger partial charge on any atom is 0.132 e. The van der Waals surface area contributed by atoms with E-state index < -0.39 is 0 Å². The molecule has 3 heteroatoms. The van der Waals surface area contributed by atoms with Gasteiger partial charge in [-0.15, -0.1) is 0 Å². The first-order chi connectivity index (χ1) is 7.59. The van der Waals surface area contributed by atoms with E-state index in [0.717, 1.165) is 38.9 Å². The number of rotatable bonds is 6. The molecule has 0 bridgehead atoms. The Balaban J connectivity index is 2.24. The molecule has 0 aromatic rings. The minimum Gasteiger partial charge on any atom is -0.377 e. The Kier molecular flexibility index (Phi) is 5.42. The molecule has 0 aliphatic carbocycles. The van der Waals surface area contributed by atoms with Gasteiger partial charge in [0.25, 0.3) is 0 Å². The molecule has 0 aromatic carbocycles. The number of ketones is 1. The minimum atomic E-state index is 0.0208. The van der Waals surface area contributed by atoms with E-state index in [1.54, 1.807) is 7.11 Å². The number of carbonyl (C=O) groups excluding carboxylic acids is 1. The van der Waals surface area contributed by atoms with Crippen LogP contribution in [-0.2, 0) is 9.53 Å². The lowest BCUT2D eigenvalue weighted by molar-refractivity contribution is -0.119. The molecular weight excluding hydrogens is 202 g/mol. The molecule has 3 nitrogen and oxygen atoms in total. The summed E-state index contributed by atoms with van der Waals surface area (Å²) in [4.78, 5) is 13.6. The SMILES string of the molecule is CCC(=O)CCCN1CCCC(C)(OC)C1. The number of methoxy groups -OCH3 is 1. The van der Waals surface area contributed by atoms with Gasteiger partial charge in [-0.3, -0.25) is 4.79 Å². The summed E-state index contributed by atoms with van der Waals surface area (Å²) in [6, 6.07) is 0. The van der Waals surface area contributed by atoms with Crippen LogP contribution in [0.1, 0.15) is 46.0 Å². The van der Waals surface area contributed by atoms with E-state index >= 15 is 0 Å². The van der Waals surface area contributed by atoms with Crippen molar-refractivity contribution in [1.29, 1.82) is 0 Å². The van der Waals surface area contributed by atoms with Crippen LogP contribution in [0.5, 0.6) is 0 Å². The highest BCUT2D eigenvalue weighted by Gasteiger charge is 2.30. The predicted octanol–water partition coefficient (Wildman–Crippen LogP) is 2.25. The number of hydrogen-bond acceptors (Lipinski definition) is 3. The van der Waals surface area contributed by atoms with Crippen molar-refractivity contribution in [2.75, 3.05) is 26.7 Å². The zero-order valence-electron chi connectivity index (χ0n) is 10.9. The molecule has 1 heterocycles. The molecule has 1 aliphatic heterocycles. The molecular formula is C13H25NO2. The van der Waals surface area contributed by atoms with Crippen molar-refractivity contribution in [3.63, 3.8) is 0 Å². The molecule has 1 atom stereocenters. The number of hydrogen-bond donors (Lipinski definition) is 0. The number of ether oxygens (including phenoxy) is 1. The van der Waals surface area contributed by atoms with Crippen molar-refractivity contribution in [2.45, 2.75) is 51.6 Å². The number of likely N-dealkylation sites (tertiary alicyclic amines) is 1. The summed E-state index contributed by atoms with van der Waals surface area (Å²) < 4.78 is 5.55. The highest BCUT2D eigenvalue weighted by Crippen LogP contribution is 2.23. The van der Waals surface area contributed by atoms with Gasteiger partial charge in [-0.25, -0.2) is 0 Å². The van der Waals surface area contributed by atoms with Crippen LogP contribution < -0.4 is 0 Å². The third-order valence-corrected chi connectivity index (χ3v) is 3.56. The first-order valence-corrected chi connectivity index (χ1v) is 6.39. The van der Waals surface area contributed by atoms with Crippen LogP contribution in [0.4, 0.5) is 0 Å². The fourth-order valence-corrected chi connectivity index (χ4v) is 2.34. The molecule has 16 heavy (non-hydrogen) atoms. The van der Waals surface area contributed by atoms with Gasteiger partial charge in [0.15, 0.2) is 0 Å². The van der Waals surface area contributed by atoms with Gasteiger partial charge in [-0.2, -0.15) is 0 Å². The van der Waals surface area contributed by atoms with Crippen LogP contribution in [0.15, 0.2) is 0 Å². The van der Waals surface area contributed by atoms with Crippen molar-refractivity contribution in [3.8, 4) is 0 Å². The summed E-state index contributed by atoms with van der Waals surface area (Å²) in [5, 5.41) is 0. The van der Waals surface area contributed by atoms with E-state index in [1.807, 2.05) is 6.92 Å². The summed E-state index contributed by atoms with van der Waals surface area (Å²) in [5.41, 5.74) is 0.0208. The second-order valence-electron chi connectivity index (χ2n) is 5.03. The molecule has 1 saturated heterocycles. The normalized spacial score (nSPS) is 26.9. The number of nitrogens with zero attached hydrogens (tertiary/aromatic N) is 1. The van der Waals surface area contributed by atoms with E-state index in [-0.39, 0.29) is 5.60 Å². The molecule has 1 rings (SSSR count). The Hall–Kier alpha value is -0.410. The van der Waals surface area contributed by atoms with Gasteiger partial charge in [0.2, 0.25) is 0 Å². The van der Waals surface area contributed by atoms with Crippen molar-refractivity contribution in [3.05, 3.63) is 0 Å². The summed E-state index contributed by atoms with van der Waals surface area (Å²) in [7, 11) is 1.80. The smallest absolute Gasteiger partial charge is 0.132 e. The third kappa shape index (κ3) is 4.22. The number of carbonyl (C=O) groups is 1. The second-order valence-corrected chi connectivity index (χ2v) is 5.03. The Morgan fingerprint density at radius 2 is 2.25 bits per heavy atom. The van der Waals surface area contributed by atoms with E-state index in [9.17, 15) is 4.79 Å². The molecule has 0 saturated carbocycles. The quantitative estimate of drug-likeness (QED) is 0.697. The average molecular weight is 227 g/mol. The zero-order chi connectivity index (χ0) is 12.0. The van der Waals surface area contributed by atoms with Crippen molar-refractivity contribution in [1.82, 2.24) is 4.90 Å². The lowest BCUT2D eigenvalue weighted by Crippen LogP contribution is -2.47. The van der Waals surface area contributed by atoms with Gasteiger partial charge in [-0.05, 0) is 39.3 Å². The number of Topliss-reactive ketones (excluding diaryl/α,β-unsaturated/α-hetero) is 1. The van der Waals surface area contributed by atoms with E-state index in [1.165, 1.54) is 6.42 Å². The van der Waals surface area contributed by atoms with Crippen LogP contribution in [0, 0.1) is 0 Å². The average Bonchev–Trinajstić information content (AvgIpc) is 2.29. The molecule has 0 amide bonds. The molecule has 0 spiro atoms. The molecule has 1 unspecified atom stereocenters. The predicted molar refractivity (Wildman–Crippen MR) is 65.6 cm³/mol. The Morgan fingerprint density at radius 3 is 2.88 bits per heavy atom. The van der Waals surface area contributed by atoms with Gasteiger partial charge in [-0.1, -0.05) is 6.92 Å².